The number of aldehydes is 1. The molecule has 1 aromatic carbocycles. The van der Waals surface area contributed by atoms with Crippen LogP contribution in [0, 0.1) is 0 Å². The zero-order valence-corrected chi connectivity index (χ0v) is 8.76. The molecule has 0 saturated heterocycles. The van der Waals surface area contributed by atoms with Gasteiger partial charge in [0.15, 0.2) is 0 Å². The SMILES string of the molecule is C=CCC[C@H](C=O)OCc1ccccc1. The van der Waals surface area contributed by atoms with Gasteiger partial charge in [0.2, 0.25) is 0 Å². The molecular formula is C13H16O2. The lowest BCUT2D eigenvalue weighted by atomic mass is 10.2. The van der Waals surface area contributed by atoms with Gasteiger partial charge in [0.25, 0.3) is 0 Å². The third kappa shape index (κ3) is 4.56. The first-order valence-electron chi connectivity index (χ1n) is 5.08. The highest BCUT2D eigenvalue weighted by Gasteiger charge is 2.05. The Morgan fingerprint density at radius 2 is 2.07 bits per heavy atom. The Kier molecular flexibility index (Phi) is 5.41. The summed E-state index contributed by atoms with van der Waals surface area (Å²) in [7, 11) is 0. The second kappa shape index (κ2) is 6.96. The fraction of sp³-hybridized carbons (Fsp3) is 0.308. The molecule has 0 N–H and O–H groups in total. The molecule has 2 heteroatoms. The highest BCUT2D eigenvalue weighted by molar-refractivity contribution is 5.55. The summed E-state index contributed by atoms with van der Waals surface area (Å²) >= 11 is 0. The summed E-state index contributed by atoms with van der Waals surface area (Å²) in [6.07, 6.45) is 3.84. The number of allylic oxidation sites excluding steroid dienone is 1. The lowest BCUT2D eigenvalue weighted by Gasteiger charge is -2.10. The van der Waals surface area contributed by atoms with Gasteiger partial charge >= 0.3 is 0 Å². The number of hydrogen-bond donors (Lipinski definition) is 0. The maximum atomic E-state index is 10.7. The molecule has 0 radical (unpaired) electrons. The maximum Gasteiger partial charge on any atom is 0.148 e. The third-order valence-electron chi connectivity index (χ3n) is 2.11. The highest BCUT2D eigenvalue weighted by atomic mass is 16.5. The van der Waals surface area contributed by atoms with Crippen molar-refractivity contribution in [2.24, 2.45) is 0 Å². The highest BCUT2D eigenvalue weighted by Crippen LogP contribution is 2.06. The Balaban J connectivity index is 2.34. The van der Waals surface area contributed by atoms with Crippen LogP contribution >= 0.6 is 0 Å². The summed E-state index contributed by atoms with van der Waals surface area (Å²) in [4.78, 5) is 10.7. The minimum Gasteiger partial charge on any atom is -0.366 e. The molecule has 0 amide bonds. The molecule has 0 bridgehead atoms. The molecule has 0 unspecified atom stereocenters. The van der Waals surface area contributed by atoms with E-state index in [0.717, 1.165) is 18.3 Å². The van der Waals surface area contributed by atoms with Crippen LogP contribution in [-0.4, -0.2) is 12.4 Å². The summed E-state index contributed by atoms with van der Waals surface area (Å²) < 4.78 is 5.46. The van der Waals surface area contributed by atoms with Crippen molar-refractivity contribution < 1.29 is 9.53 Å². The Morgan fingerprint density at radius 1 is 1.33 bits per heavy atom. The second-order valence-electron chi connectivity index (χ2n) is 3.34. The lowest BCUT2D eigenvalue weighted by molar-refractivity contribution is -0.119. The van der Waals surface area contributed by atoms with Crippen LogP contribution in [0.25, 0.3) is 0 Å². The van der Waals surface area contributed by atoms with E-state index in [1.807, 2.05) is 30.3 Å². The Morgan fingerprint density at radius 3 is 2.67 bits per heavy atom. The van der Waals surface area contributed by atoms with Crippen LogP contribution < -0.4 is 0 Å². The van der Waals surface area contributed by atoms with Crippen LogP contribution in [-0.2, 0) is 16.1 Å². The minimum absolute atomic E-state index is 0.316. The van der Waals surface area contributed by atoms with Crippen molar-refractivity contribution in [1.29, 1.82) is 0 Å². The van der Waals surface area contributed by atoms with Gasteiger partial charge in [-0.3, -0.25) is 0 Å². The standard InChI is InChI=1S/C13H16O2/c1-2-3-9-13(10-14)15-11-12-7-5-4-6-8-12/h2,4-8,10,13H,1,3,9,11H2/t13-/m1/s1. The molecule has 0 aliphatic heterocycles. The van der Waals surface area contributed by atoms with E-state index in [0.29, 0.717) is 13.0 Å². The van der Waals surface area contributed by atoms with E-state index in [1.165, 1.54) is 0 Å². The fourth-order valence-corrected chi connectivity index (χ4v) is 1.25. The summed E-state index contributed by atoms with van der Waals surface area (Å²) in [5.41, 5.74) is 1.09. The Hall–Kier alpha value is -1.41. The third-order valence-corrected chi connectivity index (χ3v) is 2.11. The van der Waals surface area contributed by atoms with Crippen molar-refractivity contribution in [2.75, 3.05) is 0 Å². The molecule has 2 nitrogen and oxygen atoms in total. The van der Waals surface area contributed by atoms with Crippen molar-refractivity contribution in [3.8, 4) is 0 Å². The molecule has 0 spiro atoms. The van der Waals surface area contributed by atoms with Crippen LogP contribution in [0.3, 0.4) is 0 Å². The first-order chi connectivity index (χ1) is 7.36. The molecule has 0 fully saturated rings. The molecule has 1 atom stereocenters. The molecular weight excluding hydrogens is 188 g/mol. The van der Waals surface area contributed by atoms with Crippen LogP contribution in [0.4, 0.5) is 0 Å². The number of benzene rings is 1. The van der Waals surface area contributed by atoms with Crippen LogP contribution in [0.15, 0.2) is 43.0 Å². The van der Waals surface area contributed by atoms with Gasteiger partial charge in [-0.05, 0) is 18.4 Å². The number of hydrogen-bond acceptors (Lipinski definition) is 2. The lowest BCUT2D eigenvalue weighted by Crippen LogP contribution is -2.13. The molecule has 80 valence electrons. The second-order valence-corrected chi connectivity index (χ2v) is 3.34. The van der Waals surface area contributed by atoms with Crippen molar-refractivity contribution in [3.63, 3.8) is 0 Å². The van der Waals surface area contributed by atoms with Crippen molar-refractivity contribution in [2.45, 2.75) is 25.6 Å². The normalized spacial score (nSPS) is 12.0. The van der Waals surface area contributed by atoms with E-state index in [2.05, 4.69) is 6.58 Å². The monoisotopic (exact) mass is 204 g/mol. The van der Waals surface area contributed by atoms with Gasteiger partial charge in [-0.1, -0.05) is 36.4 Å². The van der Waals surface area contributed by atoms with Gasteiger partial charge in [0.05, 0.1) is 6.61 Å². The molecule has 0 aromatic heterocycles. The van der Waals surface area contributed by atoms with Crippen molar-refractivity contribution in [3.05, 3.63) is 48.6 Å². The predicted molar refractivity (Wildman–Crippen MR) is 60.5 cm³/mol. The van der Waals surface area contributed by atoms with Crippen LogP contribution in [0.5, 0.6) is 0 Å². The van der Waals surface area contributed by atoms with Gasteiger partial charge in [-0.15, -0.1) is 6.58 Å². The van der Waals surface area contributed by atoms with Crippen molar-refractivity contribution >= 4 is 6.29 Å². The number of rotatable bonds is 7. The van der Waals surface area contributed by atoms with Crippen LogP contribution in [0.2, 0.25) is 0 Å². The topological polar surface area (TPSA) is 26.3 Å². The average Bonchev–Trinajstić information content (AvgIpc) is 2.31. The minimum atomic E-state index is -0.316. The van der Waals surface area contributed by atoms with E-state index in [4.69, 9.17) is 4.74 Å². The zero-order valence-electron chi connectivity index (χ0n) is 8.76. The fourth-order valence-electron chi connectivity index (χ4n) is 1.25. The number of carbonyl (C=O) groups is 1. The Labute approximate surface area is 90.6 Å². The van der Waals surface area contributed by atoms with E-state index < -0.39 is 0 Å². The molecule has 0 aliphatic rings. The summed E-state index contributed by atoms with van der Waals surface area (Å²) in [5.74, 6) is 0. The van der Waals surface area contributed by atoms with Gasteiger partial charge in [0, 0.05) is 0 Å². The average molecular weight is 204 g/mol. The Bertz CT molecular complexity index is 293. The van der Waals surface area contributed by atoms with Crippen LogP contribution in [0.1, 0.15) is 18.4 Å². The van der Waals surface area contributed by atoms with Crippen molar-refractivity contribution in [1.82, 2.24) is 0 Å². The van der Waals surface area contributed by atoms with Gasteiger partial charge in [0.1, 0.15) is 12.4 Å². The summed E-state index contributed by atoms with van der Waals surface area (Å²) in [6.45, 7) is 4.10. The van der Waals surface area contributed by atoms with E-state index in [9.17, 15) is 4.79 Å². The predicted octanol–water partition coefficient (Wildman–Crippen LogP) is 2.74. The molecule has 0 saturated carbocycles. The summed E-state index contributed by atoms with van der Waals surface area (Å²) in [6, 6.07) is 9.83. The zero-order chi connectivity index (χ0) is 10.9. The van der Waals surface area contributed by atoms with Gasteiger partial charge < -0.3 is 9.53 Å². The quantitative estimate of drug-likeness (QED) is 0.504. The van der Waals surface area contributed by atoms with Gasteiger partial charge in [-0.2, -0.15) is 0 Å². The molecule has 1 aromatic rings. The maximum absolute atomic E-state index is 10.7. The molecule has 15 heavy (non-hydrogen) atoms. The number of ether oxygens (including phenoxy) is 1. The first-order valence-corrected chi connectivity index (χ1v) is 5.08. The van der Waals surface area contributed by atoms with E-state index in [1.54, 1.807) is 6.08 Å². The first kappa shape index (κ1) is 11.7. The van der Waals surface area contributed by atoms with Gasteiger partial charge in [-0.25, -0.2) is 0 Å². The van der Waals surface area contributed by atoms with E-state index in [-0.39, 0.29) is 6.10 Å². The number of carbonyl (C=O) groups excluding carboxylic acids is 1. The smallest absolute Gasteiger partial charge is 0.148 e. The molecule has 0 heterocycles. The molecule has 0 aliphatic carbocycles. The van der Waals surface area contributed by atoms with E-state index >= 15 is 0 Å². The molecule has 1 rings (SSSR count). The largest absolute Gasteiger partial charge is 0.366 e. The summed E-state index contributed by atoms with van der Waals surface area (Å²) in [5, 5.41) is 0.